The van der Waals surface area contributed by atoms with Crippen LogP contribution in [-0.2, 0) is 9.62 Å². The van der Waals surface area contributed by atoms with Gasteiger partial charge in [-0.3, -0.25) is 0 Å². The van der Waals surface area contributed by atoms with E-state index in [9.17, 15) is 0 Å². The molecule has 7 nitrogen and oxygen atoms in total. The Hall–Kier alpha value is -1.52. The molecule has 0 aliphatic carbocycles. The molecule has 0 spiro atoms. The lowest BCUT2D eigenvalue weighted by molar-refractivity contribution is -0.334. The molecule has 0 aromatic heterocycles. The SMILES string of the molecule is COC1COc2ccc(Br)cc2O1.OOC1COc2cc(Br)ccc2O1. The standard InChI is InChI=1S/C9H9BrO3.C8H7BrO4/c1-11-9-5-12-7-3-2-6(10)4-8(7)13-9;9-5-1-2-6-7(3-5)11-4-8(12-6)13-10/h2-4,9H,5H2,1H3;1-3,8,10H,4H2. The fourth-order valence-corrected chi connectivity index (χ4v) is 2.90. The van der Waals surface area contributed by atoms with Crippen molar-refractivity contribution in [2.45, 2.75) is 12.6 Å². The highest BCUT2D eigenvalue weighted by atomic mass is 79.9. The summed E-state index contributed by atoms with van der Waals surface area (Å²) in [5.74, 6) is 2.68. The third kappa shape index (κ3) is 4.80. The van der Waals surface area contributed by atoms with Crippen LogP contribution in [0.5, 0.6) is 23.0 Å². The van der Waals surface area contributed by atoms with Crippen molar-refractivity contribution in [2.24, 2.45) is 0 Å². The topological polar surface area (TPSA) is 75.6 Å². The smallest absolute Gasteiger partial charge is 0.264 e. The molecule has 2 aliphatic rings. The zero-order valence-corrected chi connectivity index (χ0v) is 16.9. The first-order valence-corrected chi connectivity index (χ1v) is 9.18. The second-order valence-electron chi connectivity index (χ2n) is 5.24. The van der Waals surface area contributed by atoms with Crippen LogP contribution in [0.15, 0.2) is 45.3 Å². The maximum absolute atomic E-state index is 8.36. The Morgan fingerprint density at radius 3 is 2.12 bits per heavy atom. The predicted octanol–water partition coefficient (Wildman–Crippen LogP) is 4.23. The van der Waals surface area contributed by atoms with Gasteiger partial charge in [0.25, 0.3) is 6.29 Å². The summed E-state index contributed by atoms with van der Waals surface area (Å²) in [6.45, 7) is 0.616. The molecular formula is C17H16Br2O7. The lowest BCUT2D eigenvalue weighted by atomic mass is 10.3. The van der Waals surface area contributed by atoms with Crippen molar-refractivity contribution in [3.05, 3.63) is 45.3 Å². The fraction of sp³-hybridized carbons (Fsp3) is 0.294. The van der Waals surface area contributed by atoms with Gasteiger partial charge in [0, 0.05) is 16.1 Å². The number of rotatable bonds is 2. The number of methoxy groups -OCH3 is 1. The number of halogens is 2. The second-order valence-corrected chi connectivity index (χ2v) is 7.07. The average molecular weight is 492 g/mol. The van der Waals surface area contributed by atoms with Gasteiger partial charge in [0.15, 0.2) is 36.2 Å². The first kappa shape index (κ1) is 19.2. The Balaban J connectivity index is 0.000000151. The van der Waals surface area contributed by atoms with Crippen molar-refractivity contribution < 1.29 is 33.8 Å². The van der Waals surface area contributed by atoms with Gasteiger partial charge in [-0.2, -0.15) is 4.89 Å². The van der Waals surface area contributed by atoms with Crippen molar-refractivity contribution in [2.75, 3.05) is 20.3 Å². The summed E-state index contributed by atoms with van der Waals surface area (Å²) >= 11 is 6.66. The molecule has 0 saturated heterocycles. The number of ether oxygens (including phenoxy) is 5. The number of fused-ring (bicyclic) bond motifs is 2. The van der Waals surface area contributed by atoms with Crippen LogP contribution < -0.4 is 18.9 Å². The molecule has 2 aromatic rings. The highest BCUT2D eigenvalue weighted by Crippen LogP contribution is 2.35. The van der Waals surface area contributed by atoms with E-state index in [-0.39, 0.29) is 12.9 Å². The lowest BCUT2D eigenvalue weighted by Crippen LogP contribution is -2.30. The Morgan fingerprint density at radius 1 is 0.846 bits per heavy atom. The van der Waals surface area contributed by atoms with Crippen molar-refractivity contribution in [1.29, 1.82) is 0 Å². The van der Waals surface area contributed by atoms with Gasteiger partial charge >= 0.3 is 0 Å². The van der Waals surface area contributed by atoms with E-state index in [1.807, 2.05) is 24.3 Å². The van der Waals surface area contributed by atoms with E-state index in [0.717, 1.165) is 14.7 Å². The van der Waals surface area contributed by atoms with Gasteiger partial charge in [-0.15, -0.1) is 0 Å². The van der Waals surface area contributed by atoms with E-state index < -0.39 is 6.29 Å². The van der Waals surface area contributed by atoms with E-state index in [2.05, 4.69) is 36.7 Å². The summed E-state index contributed by atoms with van der Waals surface area (Å²) < 4.78 is 28.3. The largest absolute Gasteiger partial charge is 0.483 e. The van der Waals surface area contributed by atoms with Gasteiger partial charge in [0.05, 0.1) is 0 Å². The molecule has 0 saturated carbocycles. The second kappa shape index (κ2) is 8.92. The minimum atomic E-state index is -0.742. The molecule has 1 N–H and O–H groups in total. The molecule has 0 fully saturated rings. The molecular weight excluding hydrogens is 476 g/mol. The molecule has 2 aliphatic heterocycles. The number of hydrogen-bond acceptors (Lipinski definition) is 7. The zero-order valence-electron chi connectivity index (χ0n) is 13.7. The minimum absolute atomic E-state index is 0.181. The molecule has 9 heteroatoms. The number of hydrogen-bond donors (Lipinski definition) is 1. The normalized spacial score (nSPS) is 20.0. The van der Waals surface area contributed by atoms with E-state index in [4.69, 9.17) is 28.9 Å². The van der Waals surface area contributed by atoms with Crippen LogP contribution in [0, 0.1) is 0 Å². The first-order chi connectivity index (χ1) is 12.6. The van der Waals surface area contributed by atoms with Gasteiger partial charge in [-0.05, 0) is 36.4 Å². The van der Waals surface area contributed by atoms with Crippen LogP contribution in [-0.4, -0.2) is 38.2 Å². The van der Waals surface area contributed by atoms with Gasteiger partial charge < -0.3 is 23.7 Å². The van der Waals surface area contributed by atoms with E-state index in [1.54, 1.807) is 19.2 Å². The minimum Gasteiger partial charge on any atom is -0.483 e. The first-order valence-electron chi connectivity index (χ1n) is 7.60. The molecule has 2 atom stereocenters. The Kier molecular flexibility index (Phi) is 6.60. The van der Waals surface area contributed by atoms with E-state index in [1.165, 1.54) is 0 Å². The quantitative estimate of drug-likeness (QED) is 0.497. The monoisotopic (exact) mass is 490 g/mol. The van der Waals surface area contributed by atoms with Crippen LogP contribution in [0.25, 0.3) is 0 Å². The van der Waals surface area contributed by atoms with Gasteiger partial charge in [0.1, 0.15) is 0 Å². The molecule has 0 bridgehead atoms. The highest BCUT2D eigenvalue weighted by molar-refractivity contribution is 9.10. The Morgan fingerprint density at radius 2 is 1.42 bits per heavy atom. The molecule has 0 radical (unpaired) electrons. The van der Waals surface area contributed by atoms with Crippen LogP contribution >= 0.6 is 31.9 Å². The van der Waals surface area contributed by atoms with Crippen LogP contribution in [0.2, 0.25) is 0 Å². The van der Waals surface area contributed by atoms with E-state index >= 15 is 0 Å². The predicted molar refractivity (Wildman–Crippen MR) is 98.8 cm³/mol. The maximum Gasteiger partial charge on any atom is 0.264 e. The third-order valence-electron chi connectivity index (χ3n) is 3.46. The van der Waals surface area contributed by atoms with Crippen molar-refractivity contribution in [1.82, 2.24) is 0 Å². The summed E-state index contributed by atoms with van der Waals surface area (Å²) in [5.41, 5.74) is 0. The summed E-state index contributed by atoms with van der Waals surface area (Å²) in [7, 11) is 1.59. The van der Waals surface area contributed by atoms with Crippen LogP contribution in [0.4, 0.5) is 0 Å². The Bertz CT molecular complexity index is 756. The molecule has 140 valence electrons. The van der Waals surface area contributed by atoms with Gasteiger partial charge in [-0.1, -0.05) is 31.9 Å². The average Bonchev–Trinajstić information content (AvgIpc) is 2.67. The van der Waals surface area contributed by atoms with Crippen molar-refractivity contribution >= 4 is 31.9 Å². The molecule has 26 heavy (non-hydrogen) atoms. The highest BCUT2D eigenvalue weighted by Gasteiger charge is 2.21. The lowest BCUT2D eigenvalue weighted by Gasteiger charge is -2.25. The summed E-state index contributed by atoms with van der Waals surface area (Å²) in [4.78, 5) is 4.02. The van der Waals surface area contributed by atoms with Gasteiger partial charge in [-0.25, -0.2) is 5.26 Å². The third-order valence-corrected chi connectivity index (χ3v) is 4.45. The zero-order chi connectivity index (χ0) is 18.5. The van der Waals surface area contributed by atoms with Gasteiger partial charge in [0.2, 0.25) is 6.29 Å². The Labute approximate surface area is 166 Å². The summed E-state index contributed by atoms with van der Waals surface area (Å²) in [6.07, 6.45) is -1.05. The van der Waals surface area contributed by atoms with Crippen molar-refractivity contribution in [3.63, 3.8) is 0 Å². The van der Waals surface area contributed by atoms with Crippen molar-refractivity contribution in [3.8, 4) is 23.0 Å². The van der Waals surface area contributed by atoms with Crippen LogP contribution in [0.3, 0.4) is 0 Å². The summed E-state index contributed by atoms with van der Waals surface area (Å²) in [5, 5.41) is 8.36. The molecule has 2 aromatic carbocycles. The molecule has 2 heterocycles. The fourth-order valence-electron chi connectivity index (χ4n) is 2.22. The molecule has 0 amide bonds. The van der Waals surface area contributed by atoms with Crippen LogP contribution in [0.1, 0.15) is 0 Å². The van der Waals surface area contributed by atoms with E-state index in [0.29, 0.717) is 23.9 Å². The maximum atomic E-state index is 8.36. The molecule has 4 rings (SSSR count). The summed E-state index contributed by atoms with van der Waals surface area (Å²) in [6, 6.07) is 11.0. The molecule has 2 unspecified atom stereocenters. The number of benzene rings is 2.